The lowest BCUT2D eigenvalue weighted by Gasteiger charge is -2.18. The third kappa shape index (κ3) is 9.44. The molecule has 0 aliphatic heterocycles. The Kier molecular flexibility index (Phi) is 13.1. The van der Waals surface area contributed by atoms with Crippen LogP contribution in [0.1, 0.15) is 64.5 Å². The Morgan fingerprint density at radius 3 is 1.47 bits per heavy atom. The number of benzene rings is 5. The summed E-state index contributed by atoms with van der Waals surface area (Å²) in [6.07, 6.45) is 7.60. The minimum atomic E-state index is -4.55. The molecule has 0 amide bonds. The van der Waals surface area contributed by atoms with Gasteiger partial charge in [0, 0.05) is 21.5 Å². The van der Waals surface area contributed by atoms with Gasteiger partial charge in [0.05, 0.1) is 18.1 Å². The molecular formula is C38H43IO5S. The van der Waals surface area contributed by atoms with E-state index in [0.717, 1.165) is 10.8 Å². The maximum absolute atomic E-state index is 11.4. The molecule has 0 fully saturated rings. The van der Waals surface area contributed by atoms with Gasteiger partial charge in [0.1, 0.15) is 21.6 Å². The largest absolute Gasteiger partial charge is 0.744 e. The molecule has 0 unspecified atom stereocenters. The first-order valence-electron chi connectivity index (χ1n) is 15.8. The monoisotopic (exact) mass is 738 g/mol. The summed E-state index contributed by atoms with van der Waals surface area (Å²) in [5.41, 5.74) is 2.97. The van der Waals surface area contributed by atoms with Crippen molar-refractivity contribution in [2.24, 2.45) is 0 Å². The lowest BCUT2D eigenvalue weighted by Crippen LogP contribution is -3.61. The molecule has 5 aromatic rings. The Labute approximate surface area is 279 Å². The minimum absolute atomic E-state index is 0.0240. The van der Waals surface area contributed by atoms with Gasteiger partial charge >= 0.3 is 21.2 Å². The molecule has 7 heteroatoms. The fraction of sp³-hybridized carbons (Fsp3) is 0.316. The molecule has 0 radical (unpaired) electrons. The van der Waals surface area contributed by atoms with Crippen molar-refractivity contribution < 1.29 is 43.6 Å². The summed E-state index contributed by atoms with van der Waals surface area (Å²) in [6.45, 7) is 9.13. The second-order valence-corrected chi connectivity index (χ2v) is 15.2. The second-order valence-electron chi connectivity index (χ2n) is 10.8. The van der Waals surface area contributed by atoms with Gasteiger partial charge in [0.15, 0.2) is 7.14 Å². The molecule has 0 saturated heterocycles. The second kappa shape index (κ2) is 17.0. The number of rotatable bonds is 13. The molecule has 0 saturated carbocycles. The Morgan fingerprint density at radius 1 is 0.600 bits per heavy atom. The molecule has 238 valence electrons. The SMILES string of the molecule is CCCCc1ccc([I+]c2ccc(CCCC)cc2)cc1.CCOc1c2ccccc2c(OCC)c2cc(S(=O)(=O)[O-])ccc12. The topological polar surface area (TPSA) is 75.7 Å². The zero-order valence-electron chi connectivity index (χ0n) is 26.6. The Hall–Kier alpha value is -3.14. The summed E-state index contributed by atoms with van der Waals surface area (Å²) in [6, 6.07) is 30.5. The number of aryl methyl sites for hydroxylation is 2. The molecule has 0 atom stereocenters. The lowest BCUT2D eigenvalue weighted by molar-refractivity contribution is -0.597. The Balaban J connectivity index is 0.000000207. The summed E-state index contributed by atoms with van der Waals surface area (Å²) >= 11 is -0.0240. The van der Waals surface area contributed by atoms with E-state index in [0.29, 0.717) is 35.5 Å². The van der Waals surface area contributed by atoms with Crippen LogP contribution < -0.4 is 30.7 Å². The minimum Gasteiger partial charge on any atom is -0.744 e. The zero-order chi connectivity index (χ0) is 32.2. The molecule has 0 N–H and O–H groups in total. The summed E-state index contributed by atoms with van der Waals surface area (Å²) in [5.74, 6) is 1.21. The molecule has 5 rings (SSSR count). The van der Waals surface area contributed by atoms with Crippen LogP contribution in [0.15, 0.2) is 95.9 Å². The highest BCUT2D eigenvalue weighted by Crippen LogP contribution is 2.43. The predicted molar refractivity (Wildman–Crippen MR) is 179 cm³/mol. The van der Waals surface area contributed by atoms with E-state index in [4.69, 9.17) is 9.47 Å². The number of fused-ring (bicyclic) bond motifs is 2. The first kappa shape index (κ1) is 34.7. The molecule has 5 nitrogen and oxygen atoms in total. The smallest absolute Gasteiger partial charge is 0.357 e. The van der Waals surface area contributed by atoms with Crippen molar-refractivity contribution in [1.82, 2.24) is 0 Å². The van der Waals surface area contributed by atoms with E-state index < -0.39 is 10.1 Å². The van der Waals surface area contributed by atoms with Crippen molar-refractivity contribution in [1.29, 1.82) is 0 Å². The van der Waals surface area contributed by atoms with Crippen molar-refractivity contribution in [2.75, 3.05) is 13.2 Å². The summed E-state index contributed by atoms with van der Waals surface area (Å²) in [5, 5.41) is 2.96. The summed E-state index contributed by atoms with van der Waals surface area (Å²) < 4.78 is 48.8. The maximum Gasteiger partial charge on any atom is 0.357 e. The molecule has 0 heterocycles. The van der Waals surface area contributed by atoms with E-state index in [1.807, 2.05) is 38.1 Å². The zero-order valence-corrected chi connectivity index (χ0v) is 29.6. The van der Waals surface area contributed by atoms with Crippen molar-refractivity contribution in [3.05, 3.63) is 109 Å². The van der Waals surface area contributed by atoms with E-state index in [-0.39, 0.29) is 26.1 Å². The van der Waals surface area contributed by atoms with Gasteiger partial charge < -0.3 is 14.0 Å². The van der Waals surface area contributed by atoms with Crippen LogP contribution in [-0.4, -0.2) is 26.2 Å². The van der Waals surface area contributed by atoms with Crippen LogP contribution in [0.5, 0.6) is 11.5 Å². The van der Waals surface area contributed by atoms with Crippen LogP contribution in [-0.2, 0) is 23.0 Å². The summed E-state index contributed by atoms with van der Waals surface area (Å²) in [7, 11) is -4.55. The third-order valence-electron chi connectivity index (χ3n) is 7.45. The van der Waals surface area contributed by atoms with Gasteiger partial charge in [-0.15, -0.1) is 0 Å². The fourth-order valence-electron chi connectivity index (χ4n) is 5.15. The standard InChI is InChI=1S/C20H26I.C18H18O5S/c1-3-5-7-17-9-13-19(14-10-17)21-20-15-11-18(12-16-20)8-6-4-2;1-3-22-17-13-7-5-6-8-14(13)18(23-4-2)16-11-12(24(19,20)21)9-10-15(16)17/h9-16H,3-8H2,1-2H3;5-11H,3-4H2,1-2H3,(H,19,20,21)/q+1;/p-1. The Morgan fingerprint density at radius 2 is 1.04 bits per heavy atom. The predicted octanol–water partition coefficient (Wildman–Crippen LogP) is 6.19. The molecule has 0 aliphatic rings. The first-order valence-corrected chi connectivity index (χ1v) is 19.4. The van der Waals surface area contributed by atoms with Gasteiger partial charge in [-0.3, -0.25) is 0 Å². The highest BCUT2D eigenvalue weighted by atomic mass is 127. The average Bonchev–Trinajstić information content (AvgIpc) is 3.05. The molecule has 0 bridgehead atoms. The Bertz CT molecular complexity index is 1730. The molecule has 0 spiro atoms. The van der Waals surface area contributed by atoms with Crippen molar-refractivity contribution >= 4 is 31.7 Å². The number of halogens is 1. The van der Waals surface area contributed by atoms with Gasteiger partial charge in [-0.1, -0.05) is 75.2 Å². The highest BCUT2D eigenvalue weighted by molar-refractivity contribution is 7.85. The van der Waals surface area contributed by atoms with Gasteiger partial charge in [-0.25, -0.2) is 8.42 Å². The fourth-order valence-corrected chi connectivity index (χ4v) is 7.80. The molecular weight excluding hydrogens is 695 g/mol. The van der Waals surface area contributed by atoms with Gasteiger partial charge in [0.2, 0.25) is 0 Å². The number of ether oxygens (including phenoxy) is 2. The van der Waals surface area contributed by atoms with E-state index in [1.54, 1.807) is 6.07 Å². The van der Waals surface area contributed by atoms with Crippen molar-refractivity contribution in [2.45, 2.75) is 71.1 Å². The van der Waals surface area contributed by atoms with Crippen molar-refractivity contribution in [3.63, 3.8) is 0 Å². The molecule has 45 heavy (non-hydrogen) atoms. The number of hydrogen-bond acceptors (Lipinski definition) is 5. The van der Waals surface area contributed by atoms with Crippen molar-refractivity contribution in [3.8, 4) is 11.5 Å². The van der Waals surface area contributed by atoms with Gasteiger partial charge in [-0.2, -0.15) is 0 Å². The molecule has 5 aromatic carbocycles. The van der Waals surface area contributed by atoms with Crippen LogP contribution in [0, 0.1) is 7.14 Å². The maximum atomic E-state index is 11.4. The van der Waals surface area contributed by atoms with Crippen LogP contribution in [0.3, 0.4) is 0 Å². The normalized spacial score (nSPS) is 11.3. The van der Waals surface area contributed by atoms with Crippen LogP contribution >= 0.6 is 0 Å². The first-order chi connectivity index (χ1) is 21.8. The van der Waals surface area contributed by atoms with E-state index in [9.17, 15) is 13.0 Å². The quantitative estimate of drug-likeness (QED) is 0.0819. The lowest BCUT2D eigenvalue weighted by atomic mass is 10.0. The molecule has 0 aliphatic carbocycles. The average molecular weight is 739 g/mol. The van der Waals surface area contributed by atoms with Crippen LogP contribution in [0.2, 0.25) is 0 Å². The number of hydrogen-bond donors (Lipinski definition) is 0. The number of unbranched alkanes of at least 4 members (excludes halogenated alkanes) is 2. The van der Waals surface area contributed by atoms with E-state index in [2.05, 4.69) is 62.4 Å². The van der Waals surface area contributed by atoms with Gasteiger partial charge in [-0.05, 0) is 93.1 Å². The third-order valence-corrected chi connectivity index (χ3v) is 11.0. The van der Waals surface area contributed by atoms with E-state index in [1.165, 1.54) is 68.9 Å². The summed E-state index contributed by atoms with van der Waals surface area (Å²) in [4.78, 5) is -0.284. The van der Waals surface area contributed by atoms with Gasteiger partial charge in [0.25, 0.3) is 0 Å². The molecule has 0 aromatic heterocycles. The van der Waals surface area contributed by atoms with Crippen LogP contribution in [0.25, 0.3) is 21.5 Å². The van der Waals surface area contributed by atoms with Crippen LogP contribution in [0.4, 0.5) is 0 Å². The van der Waals surface area contributed by atoms with E-state index >= 15 is 0 Å². The highest BCUT2D eigenvalue weighted by Gasteiger charge is 2.18.